The molecule has 1 N–H and O–H groups in total. The Kier molecular flexibility index (Phi) is 2.80. The zero-order valence-electron chi connectivity index (χ0n) is 9.31. The number of rotatable bonds is 3. The maximum absolute atomic E-state index is 7.93. The van der Waals surface area contributed by atoms with E-state index < -0.39 is 0 Å². The van der Waals surface area contributed by atoms with E-state index in [0.717, 1.165) is 18.8 Å². The highest BCUT2D eigenvalue weighted by Gasteiger charge is 2.37. The van der Waals surface area contributed by atoms with Crippen LogP contribution in [0.25, 0.3) is 0 Å². The number of hydrogen-bond acceptors (Lipinski definition) is 1. The second kappa shape index (κ2) is 3.92. The average molecular weight is 194 g/mol. The van der Waals surface area contributed by atoms with Gasteiger partial charge >= 0.3 is 0 Å². The van der Waals surface area contributed by atoms with Gasteiger partial charge in [0.25, 0.3) is 0 Å². The van der Waals surface area contributed by atoms with Gasteiger partial charge in [-0.2, -0.15) is 0 Å². The van der Waals surface area contributed by atoms with Crippen molar-refractivity contribution in [2.45, 2.75) is 51.9 Å². The topological polar surface area (TPSA) is 27.1 Å². The van der Waals surface area contributed by atoms with E-state index in [2.05, 4.69) is 11.8 Å². The smallest absolute Gasteiger partial charge is 0.0957 e. The minimum absolute atomic E-state index is 0.587. The van der Waals surface area contributed by atoms with Crippen LogP contribution < -0.4 is 0 Å². The molecule has 0 spiro atoms. The molecular formula is C12H22N2. The fourth-order valence-corrected chi connectivity index (χ4v) is 2.77. The van der Waals surface area contributed by atoms with Gasteiger partial charge in [-0.25, -0.2) is 0 Å². The van der Waals surface area contributed by atoms with E-state index in [4.69, 9.17) is 5.41 Å². The van der Waals surface area contributed by atoms with Crippen LogP contribution in [0.5, 0.6) is 0 Å². The van der Waals surface area contributed by atoms with Crippen LogP contribution in [0.4, 0.5) is 0 Å². The summed E-state index contributed by atoms with van der Waals surface area (Å²) in [6.07, 6.45) is 9.04. The van der Waals surface area contributed by atoms with E-state index in [-0.39, 0.29) is 0 Å². The summed E-state index contributed by atoms with van der Waals surface area (Å²) in [4.78, 5) is 2.34. The first-order valence-electron chi connectivity index (χ1n) is 6.08. The van der Waals surface area contributed by atoms with Crippen LogP contribution in [0.2, 0.25) is 0 Å². The zero-order valence-corrected chi connectivity index (χ0v) is 9.31. The third kappa shape index (κ3) is 1.79. The Morgan fingerprint density at radius 3 is 2.57 bits per heavy atom. The van der Waals surface area contributed by atoms with Crippen LogP contribution in [0, 0.1) is 10.8 Å². The molecule has 0 aromatic carbocycles. The lowest BCUT2D eigenvalue weighted by Crippen LogP contribution is -2.46. The van der Waals surface area contributed by atoms with Gasteiger partial charge in [0.05, 0.1) is 5.84 Å². The highest BCUT2D eigenvalue weighted by Crippen LogP contribution is 2.44. The molecular weight excluding hydrogens is 172 g/mol. The molecule has 2 aliphatic rings. The molecule has 1 aliphatic carbocycles. The Morgan fingerprint density at radius 1 is 1.29 bits per heavy atom. The first-order chi connectivity index (χ1) is 6.76. The molecule has 2 rings (SSSR count). The lowest BCUT2D eigenvalue weighted by Gasteiger charge is -2.46. The van der Waals surface area contributed by atoms with E-state index in [1.807, 2.05) is 0 Å². The number of likely N-dealkylation sites (tertiary alicyclic amines) is 1. The predicted molar refractivity (Wildman–Crippen MR) is 59.7 cm³/mol. The number of nitrogens with one attached hydrogen (secondary N) is 1. The molecule has 0 aromatic heterocycles. The fourth-order valence-electron chi connectivity index (χ4n) is 2.77. The summed E-state index contributed by atoms with van der Waals surface area (Å²) in [6, 6.07) is 0. The largest absolute Gasteiger partial charge is 0.360 e. The molecule has 1 saturated heterocycles. The van der Waals surface area contributed by atoms with Crippen molar-refractivity contribution in [3.63, 3.8) is 0 Å². The molecule has 0 aromatic rings. The van der Waals surface area contributed by atoms with E-state index in [9.17, 15) is 0 Å². The monoisotopic (exact) mass is 194 g/mol. The van der Waals surface area contributed by atoms with Gasteiger partial charge in [-0.15, -0.1) is 0 Å². The molecule has 80 valence electrons. The molecule has 2 heteroatoms. The van der Waals surface area contributed by atoms with Gasteiger partial charge in [-0.05, 0) is 37.5 Å². The van der Waals surface area contributed by atoms with Crippen molar-refractivity contribution in [2.24, 2.45) is 5.41 Å². The molecule has 1 heterocycles. The highest BCUT2D eigenvalue weighted by molar-refractivity contribution is 5.79. The van der Waals surface area contributed by atoms with Crippen molar-refractivity contribution in [1.82, 2.24) is 4.90 Å². The van der Waals surface area contributed by atoms with Crippen LogP contribution in [-0.2, 0) is 0 Å². The molecule has 2 nitrogen and oxygen atoms in total. The third-order valence-electron chi connectivity index (χ3n) is 4.16. The van der Waals surface area contributed by atoms with Crippen LogP contribution in [-0.4, -0.2) is 23.8 Å². The van der Waals surface area contributed by atoms with Gasteiger partial charge in [0.2, 0.25) is 0 Å². The van der Waals surface area contributed by atoms with Gasteiger partial charge in [-0.3, -0.25) is 5.41 Å². The number of amidine groups is 1. The van der Waals surface area contributed by atoms with E-state index in [1.54, 1.807) is 0 Å². The normalized spacial score (nSPS) is 26.1. The average Bonchev–Trinajstić information content (AvgIpc) is 2.14. The summed E-state index contributed by atoms with van der Waals surface area (Å²) < 4.78 is 0. The third-order valence-corrected chi connectivity index (χ3v) is 4.16. The van der Waals surface area contributed by atoms with Crippen LogP contribution in [0.15, 0.2) is 0 Å². The summed E-state index contributed by atoms with van der Waals surface area (Å²) in [7, 11) is 0. The van der Waals surface area contributed by atoms with Crippen molar-refractivity contribution in [3.05, 3.63) is 0 Å². The van der Waals surface area contributed by atoms with E-state index in [0.29, 0.717) is 5.41 Å². The molecule has 14 heavy (non-hydrogen) atoms. The number of piperidine rings is 1. The fraction of sp³-hybridized carbons (Fsp3) is 0.917. The van der Waals surface area contributed by atoms with Gasteiger partial charge in [0, 0.05) is 19.5 Å². The lowest BCUT2D eigenvalue weighted by atomic mass is 9.66. The van der Waals surface area contributed by atoms with Gasteiger partial charge in [-0.1, -0.05) is 13.3 Å². The van der Waals surface area contributed by atoms with Gasteiger partial charge in [0.1, 0.15) is 0 Å². The summed E-state index contributed by atoms with van der Waals surface area (Å²) in [5.41, 5.74) is 0.587. The Hall–Kier alpha value is -0.530. The van der Waals surface area contributed by atoms with Gasteiger partial charge in [0.15, 0.2) is 0 Å². The Bertz CT molecular complexity index is 213. The molecule has 1 aliphatic heterocycles. The summed E-state index contributed by atoms with van der Waals surface area (Å²) in [5, 5.41) is 7.93. The van der Waals surface area contributed by atoms with Crippen molar-refractivity contribution >= 4 is 5.84 Å². The quantitative estimate of drug-likeness (QED) is 0.734. The Morgan fingerprint density at radius 2 is 2.07 bits per heavy atom. The molecule has 1 saturated carbocycles. The van der Waals surface area contributed by atoms with E-state index in [1.165, 1.54) is 45.1 Å². The second-order valence-electron chi connectivity index (χ2n) is 5.03. The minimum Gasteiger partial charge on any atom is -0.360 e. The first kappa shape index (κ1) is 10.0. The van der Waals surface area contributed by atoms with Crippen LogP contribution in [0.1, 0.15) is 51.9 Å². The Labute approximate surface area is 87.2 Å². The first-order valence-corrected chi connectivity index (χ1v) is 6.08. The lowest BCUT2D eigenvalue weighted by molar-refractivity contribution is 0.0861. The molecule has 0 radical (unpaired) electrons. The summed E-state index contributed by atoms with van der Waals surface area (Å²) in [5.74, 6) is 0.899. The van der Waals surface area contributed by atoms with Crippen LogP contribution >= 0.6 is 0 Å². The summed E-state index contributed by atoms with van der Waals surface area (Å²) in [6.45, 7) is 4.62. The number of hydrogen-bond donors (Lipinski definition) is 1. The molecule has 0 unspecified atom stereocenters. The number of nitrogens with zero attached hydrogens (tertiary/aromatic N) is 1. The molecule has 2 fully saturated rings. The van der Waals surface area contributed by atoms with Gasteiger partial charge < -0.3 is 4.90 Å². The maximum atomic E-state index is 7.93. The van der Waals surface area contributed by atoms with Crippen molar-refractivity contribution in [2.75, 3.05) is 13.1 Å². The highest BCUT2D eigenvalue weighted by atomic mass is 15.2. The van der Waals surface area contributed by atoms with Crippen molar-refractivity contribution in [1.29, 1.82) is 5.41 Å². The molecule has 0 atom stereocenters. The predicted octanol–water partition coefficient (Wildman–Crippen LogP) is 3.03. The standard InChI is InChI=1S/C12H22N2/c1-2-12(7-5-8-12)10-14-9-4-3-6-11(14)13/h13H,2-10H2,1H3. The summed E-state index contributed by atoms with van der Waals surface area (Å²) >= 11 is 0. The second-order valence-corrected chi connectivity index (χ2v) is 5.03. The Balaban J connectivity index is 1.91. The minimum atomic E-state index is 0.587. The van der Waals surface area contributed by atoms with E-state index >= 15 is 0 Å². The van der Waals surface area contributed by atoms with Crippen molar-refractivity contribution in [3.8, 4) is 0 Å². The molecule has 0 amide bonds. The molecule has 0 bridgehead atoms. The van der Waals surface area contributed by atoms with Crippen LogP contribution in [0.3, 0.4) is 0 Å². The SMILES string of the molecule is CCC1(CN2CCCCC2=N)CCC1. The van der Waals surface area contributed by atoms with Crippen molar-refractivity contribution < 1.29 is 0 Å². The zero-order chi connectivity index (χ0) is 10.0. The maximum Gasteiger partial charge on any atom is 0.0957 e.